The van der Waals surface area contributed by atoms with Gasteiger partial charge < -0.3 is 15.0 Å². The number of anilines is 1. The maximum Gasteiger partial charge on any atom is 0.255 e. The second kappa shape index (κ2) is 6.51. The van der Waals surface area contributed by atoms with Gasteiger partial charge in [0.05, 0.1) is 6.61 Å². The fourth-order valence-electron chi connectivity index (χ4n) is 2.02. The van der Waals surface area contributed by atoms with E-state index in [4.69, 9.17) is 4.74 Å². The Morgan fingerprint density at radius 1 is 1.44 bits per heavy atom. The number of H-pyrrole nitrogens is 1. The second-order valence-corrected chi connectivity index (χ2v) is 4.39. The van der Waals surface area contributed by atoms with Gasteiger partial charge in [0.15, 0.2) is 0 Å². The van der Waals surface area contributed by atoms with Crippen LogP contribution in [0.15, 0.2) is 11.0 Å². The molecule has 1 aromatic heterocycles. The Labute approximate surface area is 106 Å². The molecule has 18 heavy (non-hydrogen) atoms. The van der Waals surface area contributed by atoms with E-state index in [0.29, 0.717) is 24.5 Å². The van der Waals surface area contributed by atoms with Crippen molar-refractivity contribution in [1.29, 1.82) is 0 Å². The van der Waals surface area contributed by atoms with Gasteiger partial charge in [-0.2, -0.15) is 0 Å². The molecule has 0 aromatic carbocycles. The molecule has 0 spiro atoms. The highest BCUT2D eigenvalue weighted by molar-refractivity contribution is 5.30. The van der Waals surface area contributed by atoms with Gasteiger partial charge in [0.1, 0.15) is 0 Å². The van der Waals surface area contributed by atoms with E-state index in [9.17, 15) is 4.79 Å². The third-order valence-corrected chi connectivity index (χ3v) is 3.07. The Morgan fingerprint density at radius 3 is 3.11 bits per heavy atom. The predicted octanol–water partition coefficient (Wildman–Crippen LogP) is -0.241. The summed E-state index contributed by atoms with van der Waals surface area (Å²) in [6.07, 6.45) is 3.32. The van der Waals surface area contributed by atoms with Gasteiger partial charge in [0, 0.05) is 44.9 Å². The zero-order chi connectivity index (χ0) is 12.8. The van der Waals surface area contributed by atoms with E-state index < -0.39 is 0 Å². The van der Waals surface area contributed by atoms with E-state index in [-0.39, 0.29) is 5.56 Å². The fourth-order valence-corrected chi connectivity index (χ4v) is 2.02. The molecule has 6 nitrogen and oxygen atoms in total. The average molecular weight is 252 g/mol. The summed E-state index contributed by atoms with van der Waals surface area (Å²) in [5.41, 5.74) is 0.614. The van der Waals surface area contributed by atoms with Gasteiger partial charge in [-0.1, -0.05) is 0 Å². The first-order valence-electron chi connectivity index (χ1n) is 6.34. The molecule has 1 fully saturated rings. The number of hydrogen-bond donors (Lipinski definition) is 2. The first kappa shape index (κ1) is 13.0. The Balaban J connectivity index is 2.09. The molecule has 0 amide bonds. The standard InChI is InChI=1S/C12H20N4O2/c1-18-8-3-10-9-14-12(15-11(10)17)16-6-2-4-13-5-7-16/h9,13H,2-8H2,1H3,(H,14,15,17). The molecule has 0 radical (unpaired) electrons. The number of hydrogen-bond acceptors (Lipinski definition) is 5. The molecule has 0 aliphatic carbocycles. The van der Waals surface area contributed by atoms with Crippen molar-refractivity contribution in [3.8, 4) is 0 Å². The second-order valence-electron chi connectivity index (χ2n) is 4.39. The van der Waals surface area contributed by atoms with Crippen molar-refractivity contribution in [2.45, 2.75) is 12.8 Å². The molecule has 1 aliphatic rings. The molecule has 0 atom stereocenters. The summed E-state index contributed by atoms with van der Waals surface area (Å²) < 4.78 is 4.96. The van der Waals surface area contributed by atoms with Crippen molar-refractivity contribution in [3.05, 3.63) is 22.1 Å². The van der Waals surface area contributed by atoms with E-state index in [0.717, 1.165) is 32.6 Å². The lowest BCUT2D eigenvalue weighted by Gasteiger charge is -2.20. The summed E-state index contributed by atoms with van der Waals surface area (Å²) in [5, 5.41) is 3.32. The Morgan fingerprint density at radius 2 is 2.33 bits per heavy atom. The van der Waals surface area contributed by atoms with Crippen molar-refractivity contribution in [3.63, 3.8) is 0 Å². The molecular formula is C12H20N4O2. The largest absolute Gasteiger partial charge is 0.384 e. The van der Waals surface area contributed by atoms with Crippen LogP contribution in [-0.2, 0) is 11.2 Å². The SMILES string of the molecule is COCCc1cnc(N2CCCNCC2)[nH]c1=O. The number of aromatic amines is 1. The molecule has 0 saturated carbocycles. The van der Waals surface area contributed by atoms with Gasteiger partial charge in [-0.3, -0.25) is 9.78 Å². The maximum absolute atomic E-state index is 11.9. The highest BCUT2D eigenvalue weighted by atomic mass is 16.5. The first-order valence-corrected chi connectivity index (χ1v) is 6.34. The van der Waals surface area contributed by atoms with Crippen molar-refractivity contribution >= 4 is 5.95 Å². The maximum atomic E-state index is 11.9. The summed E-state index contributed by atoms with van der Waals surface area (Å²) in [6, 6.07) is 0. The van der Waals surface area contributed by atoms with Crippen LogP contribution >= 0.6 is 0 Å². The molecule has 6 heteroatoms. The van der Waals surface area contributed by atoms with Gasteiger partial charge in [-0.15, -0.1) is 0 Å². The molecule has 2 N–H and O–H groups in total. The monoisotopic (exact) mass is 252 g/mol. The van der Waals surface area contributed by atoms with Crippen LogP contribution in [0.25, 0.3) is 0 Å². The summed E-state index contributed by atoms with van der Waals surface area (Å²) in [7, 11) is 1.63. The summed E-state index contributed by atoms with van der Waals surface area (Å²) in [5.74, 6) is 0.671. The summed E-state index contributed by atoms with van der Waals surface area (Å²) in [6.45, 7) is 4.28. The highest BCUT2D eigenvalue weighted by Gasteiger charge is 2.12. The molecule has 0 bridgehead atoms. The van der Waals surface area contributed by atoms with Crippen molar-refractivity contribution in [2.75, 3.05) is 44.8 Å². The Kier molecular flexibility index (Phi) is 4.72. The van der Waals surface area contributed by atoms with E-state index in [1.165, 1.54) is 0 Å². The molecule has 0 unspecified atom stereocenters. The summed E-state index contributed by atoms with van der Waals surface area (Å²) >= 11 is 0. The normalized spacial score (nSPS) is 16.6. The lowest BCUT2D eigenvalue weighted by atomic mass is 10.2. The van der Waals surface area contributed by atoms with Crippen LogP contribution < -0.4 is 15.8 Å². The van der Waals surface area contributed by atoms with Crippen LogP contribution in [0.1, 0.15) is 12.0 Å². The minimum absolute atomic E-state index is 0.0609. The lowest BCUT2D eigenvalue weighted by molar-refractivity contribution is 0.202. The number of nitrogens with zero attached hydrogens (tertiary/aromatic N) is 2. The molecule has 2 rings (SSSR count). The van der Waals surface area contributed by atoms with E-state index >= 15 is 0 Å². The minimum Gasteiger partial charge on any atom is -0.384 e. The smallest absolute Gasteiger partial charge is 0.255 e. The van der Waals surface area contributed by atoms with Crippen molar-refractivity contribution in [2.24, 2.45) is 0 Å². The predicted molar refractivity (Wildman–Crippen MR) is 70.1 cm³/mol. The molecule has 1 aliphatic heterocycles. The number of ether oxygens (including phenoxy) is 1. The zero-order valence-electron chi connectivity index (χ0n) is 10.7. The van der Waals surface area contributed by atoms with Crippen molar-refractivity contribution < 1.29 is 4.74 Å². The van der Waals surface area contributed by atoms with Crippen LogP contribution in [0.2, 0.25) is 0 Å². The Hall–Kier alpha value is -1.40. The number of rotatable bonds is 4. The third-order valence-electron chi connectivity index (χ3n) is 3.07. The lowest BCUT2D eigenvalue weighted by Crippen LogP contribution is -2.31. The molecule has 1 aromatic rings. The molecular weight excluding hydrogens is 232 g/mol. The number of aromatic nitrogens is 2. The fraction of sp³-hybridized carbons (Fsp3) is 0.667. The van der Waals surface area contributed by atoms with E-state index in [1.54, 1.807) is 13.3 Å². The molecule has 100 valence electrons. The van der Waals surface area contributed by atoms with Gasteiger partial charge >= 0.3 is 0 Å². The van der Waals surface area contributed by atoms with Gasteiger partial charge in [0.2, 0.25) is 5.95 Å². The average Bonchev–Trinajstić information content (AvgIpc) is 2.66. The third kappa shape index (κ3) is 3.30. The quantitative estimate of drug-likeness (QED) is 0.774. The van der Waals surface area contributed by atoms with E-state index in [2.05, 4.69) is 20.2 Å². The number of nitrogens with one attached hydrogen (secondary N) is 2. The van der Waals surface area contributed by atoms with Crippen LogP contribution in [0.3, 0.4) is 0 Å². The van der Waals surface area contributed by atoms with Crippen LogP contribution in [-0.4, -0.2) is 49.9 Å². The zero-order valence-corrected chi connectivity index (χ0v) is 10.7. The van der Waals surface area contributed by atoms with Gasteiger partial charge in [-0.25, -0.2) is 4.98 Å². The summed E-state index contributed by atoms with van der Waals surface area (Å²) in [4.78, 5) is 21.2. The minimum atomic E-state index is -0.0609. The highest BCUT2D eigenvalue weighted by Crippen LogP contribution is 2.06. The van der Waals surface area contributed by atoms with Gasteiger partial charge in [-0.05, 0) is 13.0 Å². The van der Waals surface area contributed by atoms with Crippen molar-refractivity contribution in [1.82, 2.24) is 15.3 Å². The van der Waals surface area contributed by atoms with Crippen LogP contribution in [0.4, 0.5) is 5.95 Å². The van der Waals surface area contributed by atoms with Crippen LogP contribution in [0.5, 0.6) is 0 Å². The van der Waals surface area contributed by atoms with Crippen LogP contribution in [0, 0.1) is 0 Å². The van der Waals surface area contributed by atoms with Gasteiger partial charge in [0.25, 0.3) is 5.56 Å². The first-order chi connectivity index (χ1) is 8.81. The van der Waals surface area contributed by atoms with E-state index in [1.807, 2.05) is 0 Å². The molecule has 1 saturated heterocycles. The Bertz CT molecular complexity index is 424. The number of methoxy groups -OCH3 is 1. The molecule has 2 heterocycles. The topological polar surface area (TPSA) is 70.2 Å².